The summed E-state index contributed by atoms with van der Waals surface area (Å²) in [7, 11) is 4.65. The molecule has 0 aliphatic rings. The summed E-state index contributed by atoms with van der Waals surface area (Å²) < 4.78 is 15.1. The minimum absolute atomic E-state index is 0.471. The largest absolute Gasteiger partial charge is 0.497 e. The second kappa shape index (κ2) is 4.23. The standard InChI is InChI=1S/C9H11ClO3/c1-11-6-4-7(10)9(13-3)8(5-6)12-2/h4-5H,1-3H3. The Bertz CT molecular complexity index is 299. The van der Waals surface area contributed by atoms with Crippen LogP contribution in [0.1, 0.15) is 0 Å². The molecular weight excluding hydrogens is 192 g/mol. The maximum absolute atomic E-state index is 5.91. The van der Waals surface area contributed by atoms with Gasteiger partial charge < -0.3 is 14.2 Å². The van der Waals surface area contributed by atoms with Gasteiger partial charge in [0.2, 0.25) is 0 Å². The van der Waals surface area contributed by atoms with Gasteiger partial charge in [-0.15, -0.1) is 0 Å². The number of rotatable bonds is 3. The van der Waals surface area contributed by atoms with E-state index in [1.54, 1.807) is 26.4 Å². The fourth-order valence-electron chi connectivity index (χ4n) is 1.01. The Hall–Kier alpha value is -1.09. The third kappa shape index (κ3) is 1.98. The van der Waals surface area contributed by atoms with Crippen LogP contribution < -0.4 is 14.2 Å². The molecule has 0 spiro atoms. The predicted octanol–water partition coefficient (Wildman–Crippen LogP) is 2.37. The molecule has 1 rings (SSSR count). The molecule has 0 N–H and O–H groups in total. The normalized spacial score (nSPS) is 9.54. The molecule has 4 heteroatoms. The maximum atomic E-state index is 5.91. The molecule has 1 aromatic rings. The van der Waals surface area contributed by atoms with Crippen molar-refractivity contribution in [3.63, 3.8) is 0 Å². The van der Waals surface area contributed by atoms with Gasteiger partial charge in [-0.25, -0.2) is 0 Å². The van der Waals surface area contributed by atoms with Crippen LogP contribution in [0.3, 0.4) is 0 Å². The van der Waals surface area contributed by atoms with E-state index in [4.69, 9.17) is 25.8 Å². The van der Waals surface area contributed by atoms with E-state index in [0.717, 1.165) is 0 Å². The Balaban J connectivity index is 3.20. The van der Waals surface area contributed by atoms with E-state index < -0.39 is 0 Å². The minimum Gasteiger partial charge on any atom is -0.497 e. The molecule has 0 heterocycles. The van der Waals surface area contributed by atoms with Crippen LogP contribution in [0.4, 0.5) is 0 Å². The van der Waals surface area contributed by atoms with Crippen molar-refractivity contribution in [1.82, 2.24) is 0 Å². The van der Waals surface area contributed by atoms with Gasteiger partial charge in [-0.2, -0.15) is 0 Å². The van der Waals surface area contributed by atoms with E-state index in [-0.39, 0.29) is 0 Å². The summed E-state index contributed by atoms with van der Waals surface area (Å²) in [6.45, 7) is 0. The Morgan fingerprint density at radius 2 is 1.69 bits per heavy atom. The molecular formula is C9H11ClO3. The zero-order valence-corrected chi connectivity index (χ0v) is 8.51. The van der Waals surface area contributed by atoms with E-state index in [2.05, 4.69) is 0 Å². The first-order valence-electron chi connectivity index (χ1n) is 3.68. The molecule has 0 aromatic heterocycles. The lowest BCUT2D eigenvalue weighted by Crippen LogP contribution is -1.92. The molecule has 72 valence electrons. The third-order valence-corrected chi connectivity index (χ3v) is 1.92. The van der Waals surface area contributed by atoms with Gasteiger partial charge in [-0.1, -0.05) is 11.6 Å². The fourth-order valence-corrected chi connectivity index (χ4v) is 1.29. The van der Waals surface area contributed by atoms with E-state index >= 15 is 0 Å². The first kappa shape index (κ1) is 9.99. The van der Waals surface area contributed by atoms with Crippen molar-refractivity contribution in [2.75, 3.05) is 21.3 Å². The molecule has 0 aliphatic heterocycles. The summed E-state index contributed by atoms with van der Waals surface area (Å²) in [5.74, 6) is 1.72. The third-order valence-electron chi connectivity index (χ3n) is 1.64. The Kier molecular flexibility index (Phi) is 3.25. The predicted molar refractivity (Wildman–Crippen MR) is 51.1 cm³/mol. The summed E-state index contributed by atoms with van der Waals surface area (Å²) >= 11 is 5.91. The van der Waals surface area contributed by atoms with E-state index in [1.165, 1.54) is 7.11 Å². The Morgan fingerprint density at radius 1 is 1.00 bits per heavy atom. The molecule has 1 aromatic carbocycles. The Morgan fingerprint density at radius 3 is 2.15 bits per heavy atom. The summed E-state index contributed by atoms with van der Waals surface area (Å²) in [6, 6.07) is 3.38. The van der Waals surface area contributed by atoms with Gasteiger partial charge in [-0.3, -0.25) is 0 Å². The van der Waals surface area contributed by atoms with Crippen molar-refractivity contribution in [1.29, 1.82) is 0 Å². The van der Waals surface area contributed by atoms with Gasteiger partial charge in [0.05, 0.1) is 26.4 Å². The van der Waals surface area contributed by atoms with Crippen LogP contribution >= 0.6 is 11.6 Å². The van der Waals surface area contributed by atoms with Crippen molar-refractivity contribution in [2.24, 2.45) is 0 Å². The summed E-state index contributed by atoms with van der Waals surface area (Å²) in [6.07, 6.45) is 0. The SMILES string of the molecule is COc1cc(Cl)c(OC)c(OC)c1. The van der Waals surface area contributed by atoms with Gasteiger partial charge in [-0.05, 0) is 0 Å². The molecule has 0 unspecified atom stereocenters. The lowest BCUT2D eigenvalue weighted by Gasteiger charge is -2.10. The zero-order valence-electron chi connectivity index (χ0n) is 7.76. The molecule has 0 aliphatic carbocycles. The molecule has 0 saturated carbocycles. The van der Waals surface area contributed by atoms with Gasteiger partial charge in [0.25, 0.3) is 0 Å². The van der Waals surface area contributed by atoms with Crippen molar-refractivity contribution in [2.45, 2.75) is 0 Å². The van der Waals surface area contributed by atoms with Crippen molar-refractivity contribution >= 4 is 11.6 Å². The van der Waals surface area contributed by atoms with Gasteiger partial charge in [0.1, 0.15) is 5.75 Å². The highest BCUT2D eigenvalue weighted by molar-refractivity contribution is 6.32. The summed E-state index contributed by atoms with van der Waals surface area (Å²) in [5, 5.41) is 0.471. The highest BCUT2D eigenvalue weighted by atomic mass is 35.5. The lowest BCUT2D eigenvalue weighted by atomic mass is 10.3. The lowest BCUT2D eigenvalue weighted by molar-refractivity contribution is 0.349. The molecule has 0 radical (unpaired) electrons. The van der Waals surface area contributed by atoms with Crippen LogP contribution in [0, 0.1) is 0 Å². The van der Waals surface area contributed by atoms with Crippen molar-refractivity contribution < 1.29 is 14.2 Å². The number of benzene rings is 1. The molecule has 0 saturated heterocycles. The molecule has 0 atom stereocenters. The topological polar surface area (TPSA) is 27.7 Å². The second-order valence-electron chi connectivity index (χ2n) is 2.34. The number of ether oxygens (including phenoxy) is 3. The first-order chi connectivity index (χ1) is 6.22. The van der Waals surface area contributed by atoms with Crippen molar-refractivity contribution in [3.05, 3.63) is 17.2 Å². The van der Waals surface area contributed by atoms with E-state index in [9.17, 15) is 0 Å². The number of halogens is 1. The first-order valence-corrected chi connectivity index (χ1v) is 4.06. The number of methoxy groups -OCH3 is 3. The Labute approximate surface area is 82.2 Å². The quantitative estimate of drug-likeness (QED) is 0.753. The highest BCUT2D eigenvalue weighted by Crippen LogP contribution is 2.38. The van der Waals surface area contributed by atoms with E-state index in [1.807, 2.05) is 0 Å². The fraction of sp³-hybridized carbons (Fsp3) is 0.333. The molecule has 0 amide bonds. The van der Waals surface area contributed by atoms with Crippen LogP contribution in [-0.2, 0) is 0 Å². The van der Waals surface area contributed by atoms with Crippen LogP contribution in [0.2, 0.25) is 5.02 Å². The second-order valence-corrected chi connectivity index (χ2v) is 2.75. The molecule has 3 nitrogen and oxygen atoms in total. The van der Waals surface area contributed by atoms with Crippen molar-refractivity contribution in [3.8, 4) is 17.2 Å². The average Bonchev–Trinajstić information content (AvgIpc) is 2.16. The van der Waals surface area contributed by atoms with Gasteiger partial charge in [0, 0.05) is 12.1 Å². The number of hydrogen-bond donors (Lipinski definition) is 0. The average molecular weight is 203 g/mol. The zero-order chi connectivity index (χ0) is 9.84. The highest BCUT2D eigenvalue weighted by Gasteiger charge is 2.10. The molecule has 0 fully saturated rings. The summed E-state index contributed by atoms with van der Waals surface area (Å²) in [5.41, 5.74) is 0. The van der Waals surface area contributed by atoms with Crippen LogP contribution in [0.15, 0.2) is 12.1 Å². The van der Waals surface area contributed by atoms with Crippen LogP contribution in [0.5, 0.6) is 17.2 Å². The monoisotopic (exact) mass is 202 g/mol. The smallest absolute Gasteiger partial charge is 0.179 e. The van der Waals surface area contributed by atoms with Crippen LogP contribution in [0.25, 0.3) is 0 Å². The number of hydrogen-bond acceptors (Lipinski definition) is 3. The molecule has 13 heavy (non-hydrogen) atoms. The van der Waals surface area contributed by atoms with E-state index in [0.29, 0.717) is 22.3 Å². The van der Waals surface area contributed by atoms with Gasteiger partial charge >= 0.3 is 0 Å². The summed E-state index contributed by atoms with van der Waals surface area (Å²) in [4.78, 5) is 0. The molecule has 0 bridgehead atoms. The maximum Gasteiger partial charge on any atom is 0.179 e. The van der Waals surface area contributed by atoms with Gasteiger partial charge in [0.15, 0.2) is 11.5 Å². The van der Waals surface area contributed by atoms with Crippen LogP contribution in [-0.4, -0.2) is 21.3 Å². The minimum atomic E-state index is 0.471.